The second-order valence-electron chi connectivity index (χ2n) is 9.36. The zero-order valence-electron chi connectivity index (χ0n) is 16.2. The van der Waals surface area contributed by atoms with Gasteiger partial charge in [-0.3, -0.25) is 0 Å². The van der Waals surface area contributed by atoms with Crippen molar-refractivity contribution in [2.75, 3.05) is 0 Å². The van der Waals surface area contributed by atoms with Gasteiger partial charge in [0.1, 0.15) is 0 Å². The van der Waals surface area contributed by atoms with Crippen molar-refractivity contribution in [2.24, 2.45) is 34.5 Å². The third-order valence-corrected chi connectivity index (χ3v) is 8.52. The molecule has 1 nitrogen and oxygen atoms in total. The first-order valence-corrected chi connectivity index (χ1v) is 10.0. The maximum absolute atomic E-state index is 12.2. The van der Waals surface area contributed by atoms with E-state index in [-0.39, 0.29) is 5.41 Å². The van der Waals surface area contributed by atoms with Gasteiger partial charge < -0.3 is 0 Å². The maximum atomic E-state index is 12.2. The van der Waals surface area contributed by atoms with Crippen molar-refractivity contribution < 1.29 is 4.79 Å². The predicted molar refractivity (Wildman–Crippen MR) is 107 cm³/mol. The number of carbonyl (C=O) groups excluding carboxylic acids is 1. The molecule has 0 spiro atoms. The van der Waals surface area contributed by atoms with Crippen molar-refractivity contribution in [3.05, 3.63) is 11.6 Å². The van der Waals surface area contributed by atoms with E-state index in [9.17, 15) is 4.79 Å². The molecule has 0 aromatic carbocycles. The van der Waals surface area contributed by atoms with E-state index in [1.54, 1.807) is 5.57 Å². The third-order valence-electron chi connectivity index (χ3n) is 8.52. The fourth-order valence-electron chi connectivity index (χ4n) is 7.28. The van der Waals surface area contributed by atoms with E-state index in [2.05, 4.69) is 32.8 Å². The number of rotatable bonds is 1. The van der Waals surface area contributed by atoms with Crippen molar-refractivity contribution in [3.63, 3.8) is 0 Å². The van der Waals surface area contributed by atoms with Crippen molar-refractivity contribution in [1.82, 2.24) is 0 Å². The van der Waals surface area contributed by atoms with Gasteiger partial charge in [0.05, 0.1) is 0 Å². The molecule has 0 amide bonds. The Bertz CT molecular complexity index is 629. The van der Waals surface area contributed by atoms with E-state index >= 15 is 0 Å². The Balaban J connectivity index is 0.000000880. The van der Waals surface area contributed by atoms with Crippen LogP contribution >= 0.6 is 0 Å². The van der Waals surface area contributed by atoms with E-state index < -0.39 is 0 Å². The molecular weight excluding hydrogens is 303 g/mol. The summed E-state index contributed by atoms with van der Waals surface area (Å²) in [7, 11) is 6.13. The number of Topliss-reactive ketones (excluding diaryl/α,β-unsaturated/α-hetero) is 1. The van der Waals surface area contributed by atoms with Crippen molar-refractivity contribution in [3.8, 4) is 12.8 Å². The molecule has 25 heavy (non-hydrogen) atoms. The van der Waals surface area contributed by atoms with Crippen LogP contribution in [0.2, 0.25) is 0 Å². The van der Waals surface area contributed by atoms with E-state index in [1.165, 1.54) is 38.5 Å². The fraction of sp³-hybridized carbons (Fsp3) is 0.739. The van der Waals surface area contributed by atoms with Gasteiger partial charge >= 0.3 is 142 Å². The van der Waals surface area contributed by atoms with Crippen LogP contribution in [0.1, 0.15) is 72.1 Å². The minimum atomic E-state index is 0.282. The molecule has 0 aromatic heterocycles. The molecule has 0 heterocycles. The summed E-state index contributed by atoms with van der Waals surface area (Å²) in [6, 6.07) is 0. The fourth-order valence-corrected chi connectivity index (χ4v) is 7.28. The molecule has 0 N–H and O–H groups in total. The second-order valence-corrected chi connectivity index (χ2v) is 9.36. The first-order chi connectivity index (χ1) is 11.9. The number of terminal acetylenes is 1. The summed E-state index contributed by atoms with van der Waals surface area (Å²) in [6.45, 7) is 6.78. The topological polar surface area (TPSA) is 17.1 Å². The molecule has 4 aliphatic rings. The van der Waals surface area contributed by atoms with E-state index in [0.717, 1.165) is 36.1 Å². The average molecular weight is 335 g/mol. The quantitative estimate of drug-likeness (QED) is 0.499. The number of hydrogen-bond acceptors (Lipinski definition) is 1. The molecule has 0 saturated heterocycles. The van der Waals surface area contributed by atoms with Crippen LogP contribution in [0.3, 0.4) is 0 Å². The third kappa shape index (κ3) is 2.70. The number of allylic oxidation sites excluding steroid dienone is 2. The average Bonchev–Trinajstić information content (AvgIpc) is 2.95. The van der Waals surface area contributed by atoms with Gasteiger partial charge in [-0.1, -0.05) is 0 Å². The first kappa shape index (κ1) is 18.7. The Morgan fingerprint density at radius 1 is 1.08 bits per heavy atom. The summed E-state index contributed by atoms with van der Waals surface area (Å²) >= 11 is 0. The number of ketones is 1. The first-order valence-electron chi connectivity index (χ1n) is 10.0. The zero-order valence-corrected chi connectivity index (χ0v) is 16.2. The predicted octanol–water partition coefficient (Wildman–Crippen LogP) is 4.74. The molecule has 0 bridgehead atoms. The van der Waals surface area contributed by atoms with Crippen LogP contribution < -0.4 is 0 Å². The molecule has 2 heteroatoms. The van der Waals surface area contributed by atoms with Gasteiger partial charge in [0.25, 0.3) is 0 Å². The van der Waals surface area contributed by atoms with Gasteiger partial charge in [0, 0.05) is 0 Å². The number of hydrogen-bond donors (Lipinski definition) is 0. The van der Waals surface area contributed by atoms with Gasteiger partial charge in [-0.05, 0) is 0 Å². The van der Waals surface area contributed by atoms with Crippen LogP contribution in [0, 0.1) is 47.3 Å². The van der Waals surface area contributed by atoms with Crippen LogP contribution in [0.25, 0.3) is 0 Å². The van der Waals surface area contributed by atoms with Crippen LogP contribution in [-0.4, -0.2) is 18.7 Å². The Labute approximate surface area is 155 Å². The number of fused-ring (bicyclic) bond motifs is 5. The van der Waals surface area contributed by atoms with E-state index in [4.69, 9.17) is 7.49 Å². The zero-order chi connectivity index (χ0) is 18.4. The molecule has 133 valence electrons. The van der Waals surface area contributed by atoms with Gasteiger partial charge in [0.15, 0.2) is 0 Å². The van der Waals surface area contributed by atoms with Gasteiger partial charge in [0.2, 0.25) is 0 Å². The molecular formula is C23H32BO. The minimum absolute atomic E-state index is 0.282. The summed E-state index contributed by atoms with van der Waals surface area (Å²) in [5.74, 6) is 3.19. The summed E-state index contributed by atoms with van der Waals surface area (Å²) in [5.41, 5.74) is 3.38. The van der Waals surface area contributed by atoms with Crippen LogP contribution in [0.5, 0.6) is 0 Å². The molecule has 3 unspecified atom stereocenters. The van der Waals surface area contributed by atoms with Crippen LogP contribution in [-0.2, 0) is 4.79 Å². The van der Waals surface area contributed by atoms with Crippen molar-refractivity contribution >= 4 is 18.7 Å². The molecule has 4 rings (SSSR count). The van der Waals surface area contributed by atoms with Gasteiger partial charge in [-0.2, -0.15) is 0 Å². The molecule has 0 aromatic rings. The number of carbonyl (C=O) groups is 1. The SMILES string of the molecule is C#C.[B]=C1C=C2CCC3C(CC[C@@]4(C)C3CC[C@@H]4C(C)=O)[C@@]2(C)CC1. The molecule has 3 saturated carbocycles. The van der Waals surface area contributed by atoms with Gasteiger partial charge in [-0.25, -0.2) is 0 Å². The Hall–Kier alpha value is -1.10. The molecule has 6 atom stereocenters. The normalized spacial score (nSPS) is 45.1. The summed E-state index contributed by atoms with van der Waals surface area (Å²) in [4.78, 5) is 12.2. The van der Waals surface area contributed by atoms with E-state index in [0.29, 0.717) is 17.1 Å². The van der Waals surface area contributed by atoms with Crippen LogP contribution in [0.4, 0.5) is 0 Å². The second kappa shape index (κ2) is 6.57. The molecule has 4 aliphatic carbocycles. The monoisotopic (exact) mass is 335 g/mol. The summed E-state index contributed by atoms with van der Waals surface area (Å²) in [6.07, 6.45) is 20.2. The Kier molecular flexibility index (Phi) is 4.91. The Morgan fingerprint density at radius 3 is 2.48 bits per heavy atom. The molecule has 0 aliphatic heterocycles. The van der Waals surface area contributed by atoms with Crippen molar-refractivity contribution in [1.29, 1.82) is 0 Å². The Morgan fingerprint density at radius 2 is 1.80 bits per heavy atom. The molecule has 1 radical (unpaired) electrons. The summed E-state index contributed by atoms with van der Waals surface area (Å²) in [5, 5.41) is 0. The van der Waals surface area contributed by atoms with Crippen molar-refractivity contribution in [2.45, 2.75) is 72.1 Å². The van der Waals surface area contributed by atoms with E-state index in [1.807, 2.05) is 6.92 Å². The van der Waals surface area contributed by atoms with Crippen LogP contribution in [0.15, 0.2) is 11.6 Å². The standard InChI is InChI=1S/C21H30BO.C2H2/c1-13(23)17-6-7-18-16-5-4-14-12-15(22)8-10-20(14,2)19(16)9-11-21(17,18)3;1-2/h12,16-19H,4-11H2,1-3H3;1-2H/t16?,17-,18?,19?,20+,21-;/m1./s1. The molecule has 3 fully saturated rings. The van der Waals surface area contributed by atoms with Gasteiger partial charge in [-0.15, -0.1) is 12.8 Å². The summed E-state index contributed by atoms with van der Waals surface area (Å²) < 4.78 is 0.